The van der Waals surface area contributed by atoms with Crippen LogP contribution in [-0.2, 0) is 11.2 Å². The Morgan fingerprint density at radius 2 is 2.24 bits per heavy atom. The third-order valence-electron chi connectivity index (χ3n) is 4.89. The minimum Gasteiger partial charge on any atom is -0.493 e. The van der Waals surface area contributed by atoms with Crippen molar-refractivity contribution in [3.05, 3.63) is 21.7 Å². The lowest BCUT2D eigenvalue weighted by Gasteiger charge is -2.21. The van der Waals surface area contributed by atoms with Gasteiger partial charge >= 0.3 is 0 Å². The predicted molar refractivity (Wildman–Crippen MR) is 76.9 cm³/mol. The van der Waals surface area contributed by atoms with Gasteiger partial charge in [0.25, 0.3) is 5.56 Å². The Labute approximate surface area is 123 Å². The number of aromatic hydroxyl groups is 1. The monoisotopic (exact) mass is 291 g/mol. The van der Waals surface area contributed by atoms with Crippen LogP contribution in [0.2, 0.25) is 0 Å². The van der Waals surface area contributed by atoms with Crippen LogP contribution in [0.3, 0.4) is 0 Å². The second-order valence-corrected chi connectivity index (χ2v) is 6.31. The average molecular weight is 291 g/mol. The number of hydrogen-bond donors (Lipinski definition) is 2. The van der Waals surface area contributed by atoms with Crippen molar-refractivity contribution >= 4 is 5.91 Å². The molecule has 3 rings (SSSR count). The van der Waals surface area contributed by atoms with Gasteiger partial charge in [-0.05, 0) is 38.0 Å². The number of likely N-dealkylation sites (N-methyl/N-ethyl adjacent to an activating group) is 1. The fraction of sp³-hybridized carbons (Fsp3) is 0.667. The molecule has 0 bridgehead atoms. The van der Waals surface area contributed by atoms with Gasteiger partial charge in [-0.25, -0.2) is 4.98 Å². The SMILES string of the molecule is Cc1c(O)nc(CCN(C)C(=O)[C@@H]2CC[C@@H]3C[C@@H]32)[nH]c1=O. The van der Waals surface area contributed by atoms with E-state index in [0.29, 0.717) is 24.7 Å². The Bertz CT molecular complexity index is 625. The first kappa shape index (κ1) is 14.1. The van der Waals surface area contributed by atoms with Crippen molar-refractivity contribution < 1.29 is 9.90 Å². The molecule has 1 aromatic rings. The minimum atomic E-state index is -0.330. The minimum absolute atomic E-state index is 0.193. The summed E-state index contributed by atoms with van der Waals surface area (Å²) in [6.45, 7) is 2.02. The first-order valence-electron chi connectivity index (χ1n) is 7.51. The van der Waals surface area contributed by atoms with E-state index in [0.717, 1.165) is 12.3 Å². The molecule has 1 heterocycles. The van der Waals surface area contributed by atoms with E-state index >= 15 is 0 Å². The summed E-state index contributed by atoms with van der Waals surface area (Å²) >= 11 is 0. The summed E-state index contributed by atoms with van der Waals surface area (Å²) < 4.78 is 0. The van der Waals surface area contributed by atoms with E-state index < -0.39 is 0 Å². The molecule has 6 nitrogen and oxygen atoms in total. The molecular weight excluding hydrogens is 270 g/mol. The van der Waals surface area contributed by atoms with Crippen LogP contribution in [0.25, 0.3) is 0 Å². The number of aromatic amines is 1. The number of aromatic nitrogens is 2. The van der Waals surface area contributed by atoms with Crippen LogP contribution in [0, 0.1) is 24.7 Å². The Balaban J connectivity index is 1.59. The van der Waals surface area contributed by atoms with Crippen LogP contribution in [0.15, 0.2) is 4.79 Å². The molecule has 0 radical (unpaired) electrons. The molecule has 114 valence electrons. The molecule has 1 aromatic heterocycles. The van der Waals surface area contributed by atoms with E-state index in [-0.39, 0.29) is 28.8 Å². The van der Waals surface area contributed by atoms with Gasteiger partial charge in [-0.2, -0.15) is 0 Å². The normalized spacial score (nSPS) is 26.5. The molecule has 2 fully saturated rings. The lowest BCUT2D eigenvalue weighted by molar-refractivity contribution is -0.134. The maximum Gasteiger partial charge on any atom is 0.257 e. The molecule has 0 aromatic carbocycles. The summed E-state index contributed by atoms with van der Waals surface area (Å²) in [4.78, 5) is 32.2. The van der Waals surface area contributed by atoms with Gasteiger partial charge in [0, 0.05) is 25.9 Å². The lowest BCUT2D eigenvalue weighted by atomic mass is 10.0. The van der Waals surface area contributed by atoms with Gasteiger partial charge in [0.1, 0.15) is 5.82 Å². The predicted octanol–water partition coefficient (Wildman–Crippen LogP) is 0.831. The molecule has 0 aliphatic heterocycles. The highest BCUT2D eigenvalue weighted by atomic mass is 16.3. The Morgan fingerprint density at radius 1 is 1.48 bits per heavy atom. The average Bonchev–Trinajstić information content (AvgIpc) is 3.12. The lowest BCUT2D eigenvalue weighted by Crippen LogP contribution is -2.35. The van der Waals surface area contributed by atoms with Crippen molar-refractivity contribution in [3.63, 3.8) is 0 Å². The van der Waals surface area contributed by atoms with Crippen LogP contribution in [0.5, 0.6) is 5.88 Å². The number of rotatable bonds is 4. The van der Waals surface area contributed by atoms with Crippen molar-refractivity contribution in [2.75, 3.05) is 13.6 Å². The quantitative estimate of drug-likeness (QED) is 0.860. The maximum absolute atomic E-state index is 12.4. The number of nitrogens with zero attached hydrogens (tertiary/aromatic N) is 2. The molecule has 0 unspecified atom stereocenters. The van der Waals surface area contributed by atoms with E-state index in [4.69, 9.17) is 0 Å². The number of amides is 1. The first-order valence-corrected chi connectivity index (χ1v) is 7.51. The summed E-state index contributed by atoms with van der Waals surface area (Å²) in [5.74, 6) is 1.98. The van der Waals surface area contributed by atoms with Crippen LogP contribution >= 0.6 is 0 Å². The van der Waals surface area contributed by atoms with E-state index in [1.165, 1.54) is 19.8 Å². The Kier molecular flexibility index (Phi) is 3.47. The topological polar surface area (TPSA) is 86.3 Å². The van der Waals surface area contributed by atoms with Gasteiger partial charge in [-0.3, -0.25) is 9.59 Å². The second-order valence-electron chi connectivity index (χ2n) is 6.31. The van der Waals surface area contributed by atoms with Crippen molar-refractivity contribution in [1.29, 1.82) is 0 Å². The highest BCUT2D eigenvalue weighted by Gasteiger charge is 2.51. The fourth-order valence-electron chi connectivity index (χ4n) is 3.36. The Hall–Kier alpha value is -1.85. The van der Waals surface area contributed by atoms with E-state index in [1.807, 2.05) is 0 Å². The molecule has 2 N–H and O–H groups in total. The largest absolute Gasteiger partial charge is 0.493 e. The molecule has 0 saturated heterocycles. The Morgan fingerprint density at radius 3 is 2.81 bits per heavy atom. The molecule has 0 spiro atoms. The van der Waals surface area contributed by atoms with Crippen molar-refractivity contribution in [2.24, 2.45) is 17.8 Å². The zero-order chi connectivity index (χ0) is 15.1. The first-order chi connectivity index (χ1) is 9.97. The van der Waals surface area contributed by atoms with Crippen LogP contribution in [0.4, 0.5) is 0 Å². The number of carbonyl (C=O) groups excluding carboxylic acids is 1. The maximum atomic E-state index is 12.4. The summed E-state index contributed by atoms with van der Waals surface area (Å²) in [5, 5.41) is 9.56. The molecule has 6 heteroatoms. The number of H-pyrrole nitrogens is 1. The molecular formula is C15H21N3O3. The van der Waals surface area contributed by atoms with E-state index in [1.54, 1.807) is 11.9 Å². The summed E-state index contributed by atoms with van der Waals surface area (Å²) in [5.41, 5.74) is -0.114. The highest BCUT2D eigenvalue weighted by Crippen LogP contribution is 2.55. The van der Waals surface area contributed by atoms with Crippen LogP contribution < -0.4 is 5.56 Å². The third kappa shape index (κ3) is 2.66. The smallest absolute Gasteiger partial charge is 0.257 e. The van der Waals surface area contributed by atoms with Crippen LogP contribution in [0.1, 0.15) is 30.7 Å². The van der Waals surface area contributed by atoms with Gasteiger partial charge in [0.2, 0.25) is 11.8 Å². The van der Waals surface area contributed by atoms with Crippen molar-refractivity contribution in [2.45, 2.75) is 32.6 Å². The van der Waals surface area contributed by atoms with Gasteiger partial charge in [0.15, 0.2) is 0 Å². The van der Waals surface area contributed by atoms with E-state index in [2.05, 4.69) is 9.97 Å². The highest BCUT2D eigenvalue weighted by molar-refractivity contribution is 5.79. The molecule has 2 aliphatic rings. The van der Waals surface area contributed by atoms with E-state index in [9.17, 15) is 14.7 Å². The standard InChI is InChI=1S/C15H21N3O3/c1-8-13(19)16-12(17-14(8)20)5-6-18(2)15(21)10-4-3-9-7-11(9)10/h9-11H,3-7H2,1-2H3,(H2,16,17,19,20)/t9-,10-,11+/m1/s1. The number of nitrogens with one attached hydrogen (secondary N) is 1. The summed E-state index contributed by atoms with van der Waals surface area (Å²) in [6, 6.07) is 0. The fourth-order valence-corrected chi connectivity index (χ4v) is 3.36. The van der Waals surface area contributed by atoms with Gasteiger partial charge in [0.05, 0.1) is 5.56 Å². The summed E-state index contributed by atoms with van der Waals surface area (Å²) in [6.07, 6.45) is 3.85. The van der Waals surface area contributed by atoms with Crippen molar-refractivity contribution in [3.8, 4) is 5.88 Å². The van der Waals surface area contributed by atoms with Gasteiger partial charge in [-0.1, -0.05) is 0 Å². The molecule has 3 atom stereocenters. The zero-order valence-electron chi connectivity index (χ0n) is 12.4. The summed E-state index contributed by atoms with van der Waals surface area (Å²) in [7, 11) is 1.80. The van der Waals surface area contributed by atoms with Gasteiger partial charge in [-0.15, -0.1) is 0 Å². The van der Waals surface area contributed by atoms with Crippen molar-refractivity contribution in [1.82, 2.24) is 14.9 Å². The molecule has 21 heavy (non-hydrogen) atoms. The van der Waals surface area contributed by atoms with Crippen LogP contribution in [-0.4, -0.2) is 39.5 Å². The second kappa shape index (κ2) is 5.16. The van der Waals surface area contributed by atoms with Gasteiger partial charge < -0.3 is 15.0 Å². The number of carbonyl (C=O) groups is 1. The third-order valence-corrected chi connectivity index (χ3v) is 4.89. The number of hydrogen-bond acceptors (Lipinski definition) is 4. The molecule has 2 saturated carbocycles. The molecule has 1 amide bonds. The number of fused-ring (bicyclic) bond motifs is 1. The molecule has 2 aliphatic carbocycles. The zero-order valence-corrected chi connectivity index (χ0v) is 12.4.